The second-order valence-electron chi connectivity index (χ2n) is 7.67. The molecule has 0 saturated carbocycles. The smallest absolute Gasteiger partial charge is 0.243 e. The standard InChI is InChI=1S/C23H24Cl2N2O2S/c24-21-13-12-20(14-22(21)25)30(28,29)27-15-18-8-4-5-9-23(18)26-19(16-27)11-10-17-6-2-1-3-7-17/h2,4-9,12-14,19,26H,1,3,10-11,15-16H2. The molecule has 1 aliphatic carbocycles. The van der Waals surface area contributed by atoms with Gasteiger partial charge in [0.1, 0.15) is 0 Å². The van der Waals surface area contributed by atoms with E-state index in [1.165, 1.54) is 23.8 Å². The molecule has 0 spiro atoms. The van der Waals surface area contributed by atoms with E-state index in [0.717, 1.165) is 36.9 Å². The van der Waals surface area contributed by atoms with E-state index < -0.39 is 10.0 Å². The molecule has 1 atom stereocenters. The first-order valence-corrected chi connectivity index (χ1v) is 12.3. The topological polar surface area (TPSA) is 49.4 Å². The Bertz CT molecular complexity index is 1100. The summed E-state index contributed by atoms with van der Waals surface area (Å²) in [5, 5.41) is 4.14. The number of nitrogens with one attached hydrogen (secondary N) is 1. The van der Waals surface area contributed by atoms with Crippen LogP contribution in [-0.2, 0) is 16.6 Å². The summed E-state index contributed by atoms with van der Waals surface area (Å²) in [4.78, 5) is 0.160. The van der Waals surface area contributed by atoms with E-state index >= 15 is 0 Å². The van der Waals surface area contributed by atoms with Crippen LogP contribution in [0.25, 0.3) is 0 Å². The molecule has 0 aromatic heterocycles. The van der Waals surface area contributed by atoms with E-state index in [-0.39, 0.29) is 16.0 Å². The number of rotatable bonds is 5. The van der Waals surface area contributed by atoms with Gasteiger partial charge in [-0.25, -0.2) is 8.42 Å². The first-order valence-electron chi connectivity index (χ1n) is 10.1. The summed E-state index contributed by atoms with van der Waals surface area (Å²) >= 11 is 12.1. The van der Waals surface area contributed by atoms with Crippen molar-refractivity contribution < 1.29 is 8.42 Å². The molecular weight excluding hydrogens is 439 g/mol. The summed E-state index contributed by atoms with van der Waals surface area (Å²) in [6.45, 7) is 0.694. The van der Waals surface area contributed by atoms with Crippen LogP contribution in [0.5, 0.6) is 0 Å². The van der Waals surface area contributed by atoms with Gasteiger partial charge in [0.05, 0.1) is 14.9 Å². The second kappa shape index (κ2) is 9.15. The molecule has 158 valence electrons. The van der Waals surface area contributed by atoms with E-state index in [0.29, 0.717) is 18.1 Å². The molecule has 1 heterocycles. The van der Waals surface area contributed by atoms with Gasteiger partial charge >= 0.3 is 0 Å². The van der Waals surface area contributed by atoms with Crippen LogP contribution < -0.4 is 5.32 Å². The van der Waals surface area contributed by atoms with Crippen LogP contribution in [0, 0.1) is 0 Å². The van der Waals surface area contributed by atoms with Crippen molar-refractivity contribution in [2.45, 2.75) is 43.2 Å². The van der Waals surface area contributed by atoms with E-state index in [4.69, 9.17) is 23.2 Å². The molecule has 2 aliphatic rings. The van der Waals surface area contributed by atoms with Crippen molar-refractivity contribution in [2.75, 3.05) is 11.9 Å². The Morgan fingerprint density at radius 3 is 2.67 bits per heavy atom. The largest absolute Gasteiger partial charge is 0.381 e. The predicted molar refractivity (Wildman–Crippen MR) is 124 cm³/mol. The molecule has 4 nitrogen and oxygen atoms in total. The second-order valence-corrected chi connectivity index (χ2v) is 10.4. The van der Waals surface area contributed by atoms with Crippen LogP contribution in [0.2, 0.25) is 10.0 Å². The Morgan fingerprint density at radius 2 is 1.90 bits per heavy atom. The Morgan fingerprint density at radius 1 is 1.07 bits per heavy atom. The first-order chi connectivity index (χ1) is 14.4. The van der Waals surface area contributed by atoms with Crippen molar-refractivity contribution in [3.8, 4) is 0 Å². The molecule has 7 heteroatoms. The van der Waals surface area contributed by atoms with Crippen LogP contribution in [0.15, 0.2) is 71.2 Å². The minimum atomic E-state index is -3.72. The highest BCUT2D eigenvalue weighted by atomic mass is 35.5. The molecule has 0 amide bonds. The van der Waals surface area contributed by atoms with Crippen LogP contribution in [-0.4, -0.2) is 25.3 Å². The molecule has 1 unspecified atom stereocenters. The number of hydrogen-bond donors (Lipinski definition) is 1. The monoisotopic (exact) mass is 462 g/mol. The number of nitrogens with zero attached hydrogens (tertiary/aromatic N) is 1. The average molecular weight is 463 g/mol. The molecule has 0 saturated heterocycles. The molecule has 4 rings (SSSR count). The molecule has 0 bridgehead atoms. The maximum atomic E-state index is 13.4. The van der Waals surface area contributed by atoms with Crippen molar-refractivity contribution in [1.82, 2.24) is 4.31 Å². The summed E-state index contributed by atoms with van der Waals surface area (Å²) in [6, 6.07) is 12.4. The summed E-state index contributed by atoms with van der Waals surface area (Å²) < 4.78 is 28.4. The minimum absolute atomic E-state index is 0.00224. The zero-order chi connectivity index (χ0) is 21.1. The Labute approximate surface area is 188 Å². The molecule has 2 aromatic rings. The van der Waals surface area contributed by atoms with Crippen molar-refractivity contribution >= 4 is 38.9 Å². The molecule has 30 heavy (non-hydrogen) atoms. The third-order valence-electron chi connectivity index (χ3n) is 5.53. The average Bonchev–Trinajstić information content (AvgIpc) is 2.94. The van der Waals surface area contributed by atoms with Crippen molar-refractivity contribution in [3.05, 3.63) is 81.9 Å². The third-order valence-corrected chi connectivity index (χ3v) is 8.08. The van der Waals surface area contributed by atoms with Gasteiger partial charge in [0, 0.05) is 24.8 Å². The summed E-state index contributed by atoms with van der Waals surface area (Å²) in [5.74, 6) is 0. The van der Waals surface area contributed by atoms with Crippen LogP contribution in [0.3, 0.4) is 0 Å². The fourth-order valence-corrected chi connectivity index (χ4v) is 5.74. The number of halogens is 2. The van der Waals surface area contributed by atoms with E-state index in [1.807, 2.05) is 24.3 Å². The number of allylic oxidation sites excluding steroid dienone is 4. The van der Waals surface area contributed by atoms with Gasteiger partial charge in [0.25, 0.3) is 0 Å². The molecule has 1 aliphatic heterocycles. The zero-order valence-electron chi connectivity index (χ0n) is 16.5. The van der Waals surface area contributed by atoms with Crippen molar-refractivity contribution in [1.29, 1.82) is 0 Å². The summed E-state index contributed by atoms with van der Waals surface area (Å²) in [6.07, 6.45) is 10.6. The summed E-state index contributed by atoms with van der Waals surface area (Å²) in [5.41, 5.74) is 3.27. The van der Waals surface area contributed by atoms with Crippen LogP contribution >= 0.6 is 23.2 Å². The number of hydrogen-bond acceptors (Lipinski definition) is 3. The lowest BCUT2D eigenvalue weighted by molar-refractivity contribution is 0.388. The lowest BCUT2D eigenvalue weighted by Gasteiger charge is -2.25. The predicted octanol–water partition coefficient (Wildman–Crippen LogP) is 6.04. The number of anilines is 1. The van der Waals surface area contributed by atoms with Gasteiger partial charge in [-0.3, -0.25) is 0 Å². The van der Waals surface area contributed by atoms with Crippen molar-refractivity contribution in [2.24, 2.45) is 0 Å². The third kappa shape index (κ3) is 4.75. The van der Waals surface area contributed by atoms with Crippen LogP contribution in [0.1, 0.15) is 31.2 Å². The van der Waals surface area contributed by atoms with Crippen LogP contribution in [0.4, 0.5) is 5.69 Å². The number of sulfonamides is 1. The van der Waals surface area contributed by atoms with E-state index in [9.17, 15) is 8.42 Å². The molecule has 0 fully saturated rings. The van der Waals surface area contributed by atoms with Gasteiger partial charge < -0.3 is 5.32 Å². The number of para-hydroxylation sites is 1. The van der Waals surface area contributed by atoms with Gasteiger partial charge in [-0.2, -0.15) is 4.31 Å². The van der Waals surface area contributed by atoms with E-state index in [2.05, 4.69) is 23.5 Å². The SMILES string of the molecule is O=S(=O)(c1ccc(Cl)c(Cl)c1)N1Cc2ccccc2NC(CCC2=CCCC=C2)C1. The quantitative estimate of drug-likeness (QED) is 0.589. The maximum absolute atomic E-state index is 13.4. The Balaban J connectivity index is 1.62. The molecule has 0 radical (unpaired) electrons. The fourth-order valence-electron chi connectivity index (χ4n) is 3.89. The number of benzene rings is 2. The lowest BCUT2D eigenvalue weighted by atomic mass is 10.00. The Hall–Kier alpha value is -1.79. The van der Waals surface area contributed by atoms with Gasteiger partial charge in [-0.15, -0.1) is 0 Å². The zero-order valence-corrected chi connectivity index (χ0v) is 18.8. The fraction of sp³-hybridized carbons (Fsp3) is 0.304. The van der Waals surface area contributed by atoms with Crippen molar-refractivity contribution in [3.63, 3.8) is 0 Å². The molecular formula is C23H24Cl2N2O2S. The molecule has 1 N–H and O–H groups in total. The first kappa shape index (κ1) is 21.4. The summed E-state index contributed by atoms with van der Waals surface area (Å²) in [7, 11) is -3.72. The maximum Gasteiger partial charge on any atom is 0.243 e. The highest BCUT2D eigenvalue weighted by molar-refractivity contribution is 7.89. The molecule has 2 aromatic carbocycles. The highest BCUT2D eigenvalue weighted by Crippen LogP contribution is 2.31. The van der Waals surface area contributed by atoms with Gasteiger partial charge in [0.2, 0.25) is 10.0 Å². The van der Waals surface area contributed by atoms with Gasteiger partial charge in [-0.05, 0) is 55.5 Å². The van der Waals surface area contributed by atoms with Gasteiger partial charge in [-0.1, -0.05) is 65.2 Å². The highest BCUT2D eigenvalue weighted by Gasteiger charge is 2.31. The van der Waals surface area contributed by atoms with Gasteiger partial charge in [0.15, 0.2) is 0 Å². The normalized spacial score (nSPS) is 19.5. The number of fused-ring (bicyclic) bond motifs is 1. The minimum Gasteiger partial charge on any atom is -0.381 e. The lowest BCUT2D eigenvalue weighted by Crippen LogP contribution is -2.38. The van der Waals surface area contributed by atoms with E-state index in [1.54, 1.807) is 4.31 Å². The Kier molecular flexibility index (Phi) is 6.54.